The molecule has 3 nitrogen and oxygen atoms in total. The Kier molecular flexibility index (Phi) is 3.86. The van der Waals surface area contributed by atoms with Crippen molar-refractivity contribution in [2.75, 3.05) is 0 Å². The number of aromatic nitrogens is 1. The minimum absolute atomic E-state index is 0.395. The summed E-state index contributed by atoms with van der Waals surface area (Å²) in [6.07, 6.45) is 0. The Bertz CT molecular complexity index is 885. The second-order valence-corrected chi connectivity index (χ2v) is 6.44. The zero-order chi connectivity index (χ0) is 15.1. The molecule has 1 heterocycles. The number of alkyl halides is 1. The molecule has 3 aromatic rings. The highest BCUT2D eigenvalue weighted by atomic mass is 79.9. The Hall–Kier alpha value is -1.23. The zero-order valence-corrected chi connectivity index (χ0v) is 14.0. The number of hydrogen-bond acceptors (Lipinski definition) is 2. The average Bonchev–Trinajstić information content (AvgIpc) is 2.75. The molecule has 0 aliphatic carbocycles. The van der Waals surface area contributed by atoms with E-state index >= 15 is 0 Å². The number of halogens is 3. The molecule has 6 heteroatoms. The molecule has 2 aromatic carbocycles. The van der Waals surface area contributed by atoms with Gasteiger partial charge in [-0.2, -0.15) is 0 Å². The van der Waals surface area contributed by atoms with Gasteiger partial charge in [-0.05, 0) is 41.5 Å². The first-order chi connectivity index (χ1) is 9.97. The van der Waals surface area contributed by atoms with Gasteiger partial charge in [-0.3, -0.25) is 4.57 Å². The molecule has 0 aliphatic heterocycles. The molecule has 0 spiro atoms. The molecule has 1 unspecified atom stereocenters. The van der Waals surface area contributed by atoms with Crippen LogP contribution in [0.25, 0.3) is 11.1 Å². The van der Waals surface area contributed by atoms with Crippen LogP contribution in [0.5, 0.6) is 0 Å². The molecule has 1 atom stereocenters. The second-order valence-electron chi connectivity index (χ2n) is 4.68. The lowest BCUT2D eigenvalue weighted by Crippen LogP contribution is -2.08. The molecule has 0 saturated heterocycles. The monoisotopic (exact) mass is 385 g/mol. The van der Waals surface area contributed by atoms with Gasteiger partial charge in [0.2, 0.25) is 0 Å². The molecule has 3 rings (SSSR count). The van der Waals surface area contributed by atoms with E-state index in [0.717, 1.165) is 21.1 Å². The second kappa shape index (κ2) is 5.52. The predicted molar refractivity (Wildman–Crippen MR) is 88.3 cm³/mol. The highest BCUT2D eigenvalue weighted by Crippen LogP contribution is 2.36. The fraction of sp³-hybridized carbons (Fsp3) is 0.133. The highest BCUT2D eigenvalue weighted by molar-refractivity contribution is 9.10. The third-order valence-corrected chi connectivity index (χ3v) is 4.66. The van der Waals surface area contributed by atoms with E-state index in [1.165, 1.54) is 4.57 Å². The summed E-state index contributed by atoms with van der Waals surface area (Å²) in [6, 6.07) is 11.0. The van der Waals surface area contributed by atoms with Gasteiger partial charge in [0, 0.05) is 16.5 Å². The van der Waals surface area contributed by atoms with Crippen molar-refractivity contribution in [2.24, 2.45) is 7.05 Å². The smallest absolute Gasteiger partial charge is 0.408 e. The van der Waals surface area contributed by atoms with E-state index in [-0.39, 0.29) is 0 Å². The van der Waals surface area contributed by atoms with Crippen LogP contribution in [0.1, 0.15) is 16.5 Å². The number of hydrogen-bond donors (Lipinski definition) is 0. The summed E-state index contributed by atoms with van der Waals surface area (Å²) in [7, 11) is 1.66. The van der Waals surface area contributed by atoms with E-state index in [4.69, 9.17) is 27.6 Å². The fourth-order valence-corrected chi connectivity index (χ4v) is 3.17. The number of nitrogens with zero attached hydrogens (tertiary/aromatic N) is 1. The van der Waals surface area contributed by atoms with Crippen molar-refractivity contribution in [3.8, 4) is 0 Å². The standard InChI is InChI=1S/C15H10BrCl2NO2/c1-19-12-5-2-8(6-13(12)21-15(19)20)14(18)10-7-9(16)3-4-11(10)17/h2-7,14H,1H3. The van der Waals surface area contributed by atoms with Crippen LogP contribution in [0.2, 0.25) is 5.02 Å². The lowest BCUT2D eigenvalue weighted by Gasteiger charge is -2.12. The van der Waals surface area contributed by atoms with Crippen LogP contribution in [0.15, 0.2) is 50.1 Å². The van der Waals surface area contributed by atoms with Gasteiger partial charge in [0.15, 0.2) is 5.58 Å². The third-order valence-electron chi connectivity index (χ3n) is 3.34. The molecule has 108 valence electrons. The van der Waals surface area contributed by atoms with Gasteiger partial charge < -0.3 is 4.42 Å². The molecule has 0 radical (unpaired) electrons. The maximum atomic E-state index is 11.5. The van der Waals surface area contributed by atoms with Gasteiger partial charge in [0.25, 0.3) is 0 Å². The average molecular weight is 387 g/mol. The van der Waals surface area contributed by atoms with Gasteiger partial charge in [0.1, 0.15) is 0 Å². The number of benzene rings is 2. The maximum absolute atomic E-state index is 11.5. The van der Waals surface area contributed by atoms with Crippen molar-refractivity contribution in [3.63, 3.8) is 0 Å². The van der Waals surface area contributed by atoms with Crippen LogP contribution in [0, 0.1) is 0 Å². The molecule has 0 N–H and O–H groups in total. The Labute approximate surface area is 139 Å². The van der Waals surface area contributed by atoms with E-state index in [1.807, 2.05) is 24.3 Å². The molecular weight excluding hydrogens is 377 g/mol. The number of fused-ring (bicyclic) bond motifs is 1. The SMILES string of the molecule is Cn1c(=O)oc2cc(C(Cl)c3cc(Br)ccc3Cl)ccc21. The summed E-state index contributed by atoms with van der Waals surface area (Å²) in [5.74, 6) is -0.395. The van der Waals surface area contributed by atoms with Crippen molar-refractivity contribution in [1.82, 2.24) is 4.57 Å². The van der Waals surface area contributed by atoms with Crippen molar-refractivity contribution < 1.29 is 4.42 Å². The molecule has 0 fully saturated rings. The fourth-order valence-electron chi connectivity index (χ4n) is 2.20. The molecular formula is C15H10BrCl2NO2. The zero-order valence-electron chi connectivity index (χ0n) is 10.9. The maximum Gasteiger partial charge on any atom is 0.419 e. The molecule has 0 amide bonds. The van der Waals surface area contributed by atoms with E-state index < -0.39 is 11.1 Å². The normalized spacial score (nSPS) is 12.8. The highest BCUT2D eigenvalue weighted by Gasteiger charge is 2.17. The quantitative estimate of drug-likeness (QED) is 0.588. The Morgan fingerprint density at radius 3 is 2.76 bits per heavy atom. The summed E-state index contributed by atoms with van der Waals surface area (Å²) in [5.41, 5.74) is 2.86. The van der Waals surface area contributed by atoms with E-state index in [2.05, 4.69) is 15.9 Å². The van der Waals surface area contributed by atoms with Crippen LogP contribution in [-0.4, -0.2) is 4.57 Å². The topological polar surface area (TPSA) is 35.1 Å². The molecule has 0 bridgehead atoms. The predicted octanol–water partition coefficient (Wildman–Crippen LogP) is 4.88. The van der Waals surface area contributed by atoms with Crippen LogP contribution < -0.4 is 5.76 Å². The largest absolute Gasteiger partial charge is 0.419 e. The number of rotatable bonds is 2. The molecule has 1 aromatic heterocycles. The van der Waals surface area contributed by atoms with Gasteiger partial charge in [0.05, 0.1) is 10.9 Å². The van der Waals surface area contributed by atoms with Crippen LogP contribution in [0.3, 0.4) is 0 Å². The van der Waals surface area contributed by atoms with Crippen molar-refractivity contribution in [1.29, 1.82) is 0 Å². The first kappa shape index (κ1) is 14.7. The molecule has 0 saturated carbocycles. The summed E-state index contributed by atoms with van der Waals surface area (Å²) in [5, 5.41) is 0.165. The summed E-state index contributed by atoms with van der Waals surface area (Å²) >= 11 is 16.1. The van der Waals surface area contributed by atoms with E-state index in [1.54, 1.807) is 19.2 Å². The van der Waals surface area contributed by atoms with Crippen molar-refractivity contribution in [2.45, 2.75) is 5.38 Å². The summed E-state index contributed by atoms with van der Waals surface area (Å²) in [4.78, 5) is 11.5. The van der Waals surface area contributed by atoms with Crippen LogP contribution >= 0.6 is 39.1 Å². The van der Waals surface area contributed by atoms with Gasteiger partial charge >= 0.3 is 5.76 Å². The lowest BCUT2D eigenvalue weighted by atomic mass is 10.0. The lowest BCUT2D eigenvalue weighted by molar-refractivity contribution is 0.528. The minimum Gasteiger partial charge on any atom is -0.408 e. The summed E-state index contributed by atoms with van der Waals surface area (Å²) < 4.78 is 7.54. The van der Waals surface area contributed by atoms with Crippen LogP contribution in [0.4, 0.5) is 0 Å². The molecule has 0 aliphatic rings. The van der Waals surface area contributed by atoms with Gasteiger partial charge in [-0.1, -0.05) is 33.6 Å². The van der Waals surface area contributed by atoms with Crippen molar-refractivity contribution >= 4 is 50.2 Å². The van der Waals surface area contributed by atoms with E-state index in [0.29, 0.717) is 10.6 Å². The van der Waals surface area contributed by atoms with Gasteiger partial charge in [-0.25, -0.2) is 4.79 Å². The van der Waals surface area contributed by atoms with E-state index in [9.17, 15) is 4.79 Å². The van der Waals surface area contributed by atoms with Crippen LogP contribution in [-0.2, 0) is 7.05 Å². The Balaban J connectivity index is 2.11. The number of aryl methyl sites for hydroxylation is 1. The summed E-state index contributed by atoms with van der Waals surface area (Å²) in [6.45, 7) is 0. The first-order valence-corrected chi connectivity index (χ1v) is 7.76. The minimum atomic E-state index is -0.426. The Morgan fingerprint density at radius 1 is 1.24 bits per heavy atom. The van der Waals surface area contributed by atoms with Gasteiger partial charge in [-0.15, -0.1) is 11.6 Å². The van der Waals surface area contributed by atoms with Crippen molar-refractivity contribution in [3.05, 3.63) is 67.6 Å². The first-order valence-electron chi connectivity index (χ1n) is 6.16. The third kappa shape index (κ3) is 2.63. The molecule has 21 heavy (non-hydrogen) atoms. The number of oxazole rings is 1. The Morgan fingerprint density at radius 2 is 2.00 bits per heavy atom.